The molecule has 5 rings (SSSR count). The molecule has 2 nitrogen and oxygen atoms in total. The van der Waals surface area contributed by atoms with Crippen molar-refractivity contribution in [3.05, 3.63) is 77.9 Å². The van der Waals surface area contributed by atoms with E-state index in [1.165, 1.54) is 85.9 Å². The van der Waals surface area contributed by atoms with Crippen LogP contribution in [-0.4, -0.2) is 42.0 Å². The minimum absolute atomic E-state index is 1.00. The van der Waals surface area contributed by atoms with E-state index < -0.39 is 0 Å². The van der Waals surface area contributed by atoms with Crippen LogP contribution in [0.1, 0.15) is 96.3 Å². The van der Waals surface area contributed by atoms with Gasteiger partial charge in [0.25, 0.3) is 0 Å². The van der Waals surface area contributed by atoms with Gasteiger partial charge in [0.2, 0.25) is 0 Å². The molecule has 3 aliphatic rings. The van der Waals surface area contributed by atoms with Gasteiger partial charge in [-0.2, -0.15) is 0 Å². The molecular weight excluding hydrogens is 448 g/mol. The summed E-state index contributed by atoms with van der Waals surface area (Å²) in [4.78, 5) is 5.18. The van der Waals surface area contributed by atoms with Crippen molar-refractivity contribution in [2.45, 2.75) is 98.6 Å². The van der Waals surface area contributed by atoms with Crippen LogP contribution in [0.4, 0.5) is 0 Å². The van der Waals surface area contributed by atoms with Gasteiger partial charge in [0.15, 0.2) is 0 Å². The van der Waals surface area contributed by atoms with Gasteiger partial charge in [0.1, 0.15) is 0 Å². The second-order valence-corrected chi connectivity index (χ2v) is 10.6. The zero-order chi connectivity index (χ0) is 27.0. The molecular formula is C35H54N2. The van der Waals surface area contributed by atoms with Gasteiger partial charge >= 0.3 is 0 Å². The summed E-state index contributed by atoms with van der Waals surface area (Å²) in [5.41, 5.74) is 7.93. The first kappa shape index (κ1) is 31.1. The Morgan fingerprint density at radius 3 is 2.03 bits per heavy atom. The average Bonchev–Trinajstić information content (AvgIpc) is 2.90. The van der Waals surface area contributed by atoms with Crippen LogP contribution in [0.15, 0.2) is 61.2 Å². The minimum Gasteiger partial charge on any atom is -0.300 e. The highest BCUT2D eigenvalue weighted by Gasteiger charge is 2.25. The number of fused-ring (bicyclic) bond motifs is 1. The second kappa shape index (κ2) is 17.4. The highest BCUT2D eigenvalue weighted by Crippen LogP contribution is 2.28. The Hall–Kier alpha value is -2.16. The number of benzene rings is 2. The Bertz CT molecular complexity index is 917. The maximum atomic E-state index is 4.02. The lowest BCUT2D eigenvalue weighted by molar-refractivity contribution is 0.105. The summed E-state index contributed by atoms with van der Waals surface area (Å²) in [7, 11) is 0. The Balaban J connectivity index is 0.000000265. The van der Waals surface area contributed by atoms with Crippen molar-refractivity contribution >= 4 is 6.08 Å². The molecule has 37 heavy (non-hydrogen) atoms. The van der Waals surface area contributed by atoms with Crippen molar-refractivity contribution in [1.82, 2.24) is 9.80 Å². The largest absolute Gasteiger partial charge is 0.300 e. The average molecular weight is 503 g/mol. The van der Waals surface area contributed by atoms with E-state index in [-0.39, 0.29) is 0 Å². The van der Waals surface area contributed by atoms with Gasteiger partial charge in [-0.25, -0.2) is 0 Å². The maximum absolute atomic E-state index is 4.02. The van der Waals surface area contributed by atoms with Crippen molar-refractivity contribution in [2.75, 3.05) is 26.2 Å². The number of nitrogens with zero attached hydrogens (tertiary/aromatic N) is 2. The first-order valence-corrected chi connectivity index (χ1v) is 15.0. The first-order valence-electron chi connectivity index (χ1n) is 15.0. The van der Waals surface area contributed by atoms with E-state index in [1.807, 2.05) is 19.9 Å². The molecule has 0 atom stereocenters. The van der Waals surface area contributed by atoms with Crippen LogP contribution in [-0.2, 0) is 13.0 Å². The Morgan fingerprint density at radius 1 is 0.865 bits per heavy atom. The molecule has 2 aromatic carbocycles. The van der Waals surface area contributed by atoms with Crippen LogP contribution >= 0.6 is 0 Å². The smallest absolute Gasteiger partial charge is 0.0240 e. The molecule has 0 aromatic heterocycles. The maximum Gasteiger partial charge on any atom is 0.0240 e. The van der Waals surface area contributed by atoms with E-state index in [0.29, 0.717) is 0 Å². The number of hydrogen-bond acceptors (Lipinski definition) is 2. The van der Waals surface area contributed by atoms with Crippen molar-refractivity contribution in [3.63, 3.8) is 0 Å². The Morgan fingerprint density at radius 2 is 1.49 bits per heavy atom. The molecule has 1 aliphatic carbocycles. The number of piperidine rings is 1. The highest BCUT2D eigenvalue weighted by molar-refractivity contribution is 5.67. The van der Waals surface area contributed by atoms with Crippen molar-refractivity contribution in [2.24, 2.45) is 0 Å². The van der Waals surface area contributed by atoms with E-state index in [0.717, 1.165) is 37.7 Å². The van der Waals surface area contributed by atoms with Gasteiger partial charge in [-0.3, -0.25) is 4.90 Å². The summed E-state index contributed by atoms with van der Waals surface area (Å²) >= 11 is 0. The fourth-order valence-electron chi connectivity index (χ4n) is 5.15. The topological polar surface area (TPSA) is 6.48 Å². The lowest BCUT2D eigenvalue weighted by Crippen LogP contribution is -2.42. The summed E-state index contributed by atoms with van der Waals surface area (Å²) < 4.78 is 0. The first-order chi connectivity index (χ1) is 18.0. The van der Waals surface area contributed by atoms with E-state index in [1.54, 1.807) is 0 Å². The summed E-state index contributed by atoms with van der Waals surface area (Å²) in [6, 6.07) is 16.5. The van der Waals surface area contributed by atoms with E-state index in [4.69, 9.17) is 0 Å². The molecule has 2 heterocycles. The van der Waals surface area contributed by atoms with Gasteiger partial charge in [-0.05, 0) is 79.9 Å². The van der Waals surface area contributed by atoms with Gasteiger partial charge in [-0.1, -0.05) is 114 Å². The molecule has 2 heteroatoms. The predicted molar refractivity (Wildman–Crippen MR) is 166 cm³/mol. The van der Waals surface area contributed by atoms with Crippen LogP contribution in [0, 0.1) is 0 Å². The normalized spacial score (nSPS) is 17.3. The Kier molecular flexibility index (Phi) is 14.6. The summed E-state index contributed by atoms with van der Waals surface area (Å²) in [6.07, 6.45) is 13.1. The molecule has 0 unspecified atom stereocenters. The fraction of sp³-hybridized carbons (Fsp3) is 0.543. The van der Waals surface area contributed by atoms with Crippen LogP contribution in [0.5, 0.6) is 0 Å². The third-order valence-electron chi connectivity index (χ3n) is 7.25. The van der Waals surface area contributed by atoms with Crippen molar-refractivity contribution < 1.29 is 0 Å². The summed E-state index contributed by atoms with van der Waals surface area (Å²) in [5, 5.41) is 0. The zero-order valence-corrected chi connectivity index (χ0v) is 24.7. The van der Waals surface area contributed by atoms with Crippen LogP contribution in [0.25, 0.3) is 17.2 Å². The lowest BCUT2D eigenvalue weighted by atomic mass is 9.90. The van der Waals surface area contributed by atoms with Gasteiger partial charge in [-0.15, -0.1) is 0 Å². The highest BCUT2D eigenvalue weighted by atomic mass is 15.2. The SMILES string of the molecule is C1CCN(C2CCC2)CC1.C=Cc1ccc(-c2ccc3c(c2)CCN(CC(=C)C)C3)cc1.CC.CCC. The molecule has 204 valence electrons. The predicted octanol–water partition coefficient (Wildman–Crippen LogP) is 9.40. The molecule has 2 aromatic rings. The van der Waals surface area contributed by atoms with E-state index in [2.05, 4.69) is 86.2 Å². The van der Waals surface area contributed by atoms with E-state index in [9.17, 15) is 0 Å². The quantitative estimate of drug-likeness (QED) is 0.376. The lowest BCUT2D eigenvalue weighted by Gasteiger charge is -2.39. The molecule has 1 saturated heterocycles. The third-order valence-corrected chi connectivity index (χ3v) is 7.25. The molecule has 1 saturated carbocycles. The summed E-state index contributed by atoms with van der Waals surface area (Å²) in [5.74, 6) is 0. The number of hydrogen-bond donors (Lipinski definition) is 0. The van der Waals surface area contributed by atoms with E-state index >= 15 is 0 Å². The van der Waals surface area contributed by atoms with Gasteiger partial charge in [0, 0.05) is 25.7 Å². The minimum atomic E-state index is 1.00. The zero-order valence-electron chi connectivity index (χ0n) is 24.7. The molecule has 0 bridgehead atoms. The van der Waals surface area contributed by atoms with Gasteiger partial charge < -0.3 is 4.90 Å². The summed E-state index contributed by atoms with van der Waals surface area (Å²) in [6.45, 7) is 24.1. The Labute approximate surface area is 229 Å². The molecule has 2 aliphatic heterocycles. The standard InChI is InChI=1S/C21H23N.C9H17N.C3H8.C2H6/c1-4-17-5-7-18(8-6-17)19-9-10-21-15-22(14-16(2)3)12-11-20(21)13-19;1-2-7-10(8-3-1)9-5-4-6-9;1-3-2;1-2/h4-10,13H,1-2,11-12,14-15H2,3H3;9H,1-8H2;3H2,1-2H3;1-2H3. The van der Waals surface area contributed by atoms with Crippen LogP contribution in [0.2, 0.25) is 0 Å². The van der Waals surface area contributed by atoms with Crippen molar-refractivity contribution in [1.29, 1.82) is 0 Å². The third kappa shape index (κ3) is 10.3. The number of rotatable bonds is 5. The van der Waals surface area contributed by atoms with Crippen LogP contribution < -0.4 is 0 Å². The second-order valence-electron chi connectivity index (χ2n) is 10.6. The monoisotopic (exact) mass is 502 g/mol. The molecule has 0 N–H and O–H groups in total. The van der Waals surface area contributed by atoms with Gasteiger partial charge in [0.05, 0.1) is 0 Å². The molecule has 2 fully saturated rings. The fourth-order valence-corrected chi connectivity index (χ4v) is 5.15. The number of likely N-dealkylation sites (tertiary alicyclic amines) is 1. The van der Waals surface area contributed by atoms with Crippen molar-refractivity contribution in [3.8, 4) is 11.1 Å². The molecule has 0 radical (unpaired) electrons. The molecule has 0 spiro atoms. The molecule has 0 amide bonds. The van der Waals surface area contributed by atoms with Crippen LogP contribution in [0.3, 0.4) is 0 Å².